The van der Waals surface area contributed by atoms with Crippen LogP contribution in [0.15, 0.2) is 18.2 Å². The largest absolute Gasteiger partial charge is 0.477 e. The van der Waals surface area contributed by atoms with Gasteiger partial charge in [0.25, 0.3) is 5.91 Å². The highest BCUT2D eigenvalue weighted by molar-refractivity contribution is 14.1. The summed E-state index contributed by atoms with van der Waals surface area (Å²) < 4.78 is 0.788. The first-order valence-electron chi connectivity index (χ1n) is 5.81. The number of hydrogen-bond acceptors (Lipinski definition) is 4. The molecule has 8 heteroatoms. The zero-order valence-electron chi connectivity index (χ0n) is 10.8. The van der Waals surface area contributed by atoms with E-state index in [1.54, 1.807) is 25.1 Å². The number of halogens is 2. The average molecular weight is 437 g/mol. The highest BCUT2D eigenvalue weighted by Crippen LogP contribution is 2.20. The van der Waals surface area contributed by atoms with Gasteiger partial charge in [-0.25, -0.2) is 9.78 Å². The van der Waals surface area contributed by atoms with Gasteiger partial charge in [0.1, 0.15) is 9.88 Å². The molecule has 0 bridgehead atoms. The van der Waals surface area contributed by atoms with Gasteiger partial charge in [-0.1, -0.05) is 11.6 Å². The SMILES string of the molecule is Cc1nc(CNC(=O)c2cc(Cl)ccc2I)sc1C(=O)O. The van der Waals surface area contributed by atoms with E-state index in [0.717, 1.165) is 14.9 Å². The summed E-state index contributed by atoms with van der Waals surface area (Å²) in [6.07, 6.45) is 0. The normalized spacial score (nSPS) is 10.4. The molecule has 0 aliphatic rings. The highest BCUT2D eigenvalue weighted by Gasteiger charge is 2.15. The third kappa shape index (κ3) is 3.92. The fraction of sp³-hybridized carbons (Fsp3) is 0.154. The number of carbonyl (C=O) groups excluding carboxylic acids is 1. The molecule has 2 rings (SSSR count). The van der Waals surface area contributed by atoms with Crippen LogP contribution in [0.1, 0.15) is 30.7 Å². The van der Waals surface area contributed by atoms with Crippen LogP contribution in [0.2, 0.25) is 5.02 Å². The summed E-state index contributed by atoms with van der Waals surface area (Å²) in [5.41, 5.74) is 0.934. The van der Waals surface area contributed by atoms with E-state index in [0.29, 0.717) is 21.3 Å². The predicted molar refractivity (Wildman–Crippen MR) is 89.1 cm³/mol. The van der Waals surface area contributed by atoms with Crippen molar-refractivity contribution in [1.82, 2.24) is 10.3 Å². The van der Waals surface area contributed by atoms with Crippen molar-refractivity contribution in [3.63, 3.8) is 0 Å². The number of nitrogens with zero attached hydrogens (tertiary/aromatic N) is 1. The highest BCUT2D eigenvalue weighted by atomic mass is 127. The third-order valence-electron chi connectivity index (χ3n) is 2.61. The standard InChI is InChI=1S/C13H10ClIN2O3S/c1-6-11(13(19)20)21-10(17-6)5-16-12(18)8-4-7(14)2-3-9(8)15/h2-4H,5H2,1H3,(H,16,18)(H,19,20). The Kier molecular flexibility index (Phi) is 5.17. The third-order valence-corrected chi connectivity index (χ3v) is 4.93. The molecule has 0 unspecified atom stereocenters. The Morgan fingerprint density at radius 1 is 1.48 bits per heavy atom. The zero-order chi connectivity index (χ0) is 15.6. The molecule has 0 atom stereocenters. The molecule has 5 nitrogen and oxygen atoms in total. The summed E-state index contributed by atoms with van der Waals surface area (Å²) in [6.45, 7) is 1.81. The van der Waals surface area contributed by atoms with Crippen molar-refractivity contribution in [2.75, 3.05) is 0 Å². The number of aryl methyl sites for hydroxylation is 1. The number of nitrogens with one attached hydrogen (secondary N) is 1. The van der Waals surface area contributed by atoms with Crippen molar-refractivity contribution in [2.45, 2.75) is 13.5 Å². The number of aromatic nitrogens is 1. The molecule has 0 aliphatic heterocycles. The lowest BCUT2D eigenvalue weighted by Crippen LogP contribution is -2.23. The number of thiazole rings is 1. The van der Waals surface area contributed by atoms with Crippen LogP contribution in [-0.2, 0) is 6.54 Å². The summed E-state index contributed by atoms with van der Waals surface area (Å²) in [5, 5.41) is 12.7. The maximum absolute atomic E-state index is 12.1. The van der Waals surface area contributed by atoms with E-state index >= 15 is 0 Å². The Hall–Kier alpha value is -1.19. The summed E-state index contributed by atoms with van der Waals surface area (Å²) >= 11 is 8.99. The van der Waals surface area contributed by atoms with Gasteiger partial charge in [-0.3, -0.25) is 4.79 Å². The Morgan fingerprint density at radius 2 is 2.19 bits per heavy atom. The van der Waals surface area contributed by atoms with Gasteiger partial charge in [0.2, 0.25) is 0 Å². The molecule has 2 N–H and O–H groups in total. The number of carbonyl (C=O) groups is 2. The molecule has 0 fully saturated rings. The van der Waals surface area contributed by atoms with Gasteiger partial charge < -0.3 is 10.4 Å². The number of rotatable bonds is 4. The number of hydrogen-bond donors (Lipinski definition) is 2. The lowest BCUT2D eigenvalue weighted by Gasteiger charge is -2.05. The minimum atomic E-state index is -1.01. The number of carboxylic acids is 1. The maximum atomic E-state index is 12.1. The van der Waals surface area contributed by atoms with Crippen molar-refractivity contribution < 1.29 is 14.7 Å². The van der Waals surface area contributed by atoms with Crippen molar-refractivity contribution in [2.24, 2.45) is 0 Å². The molecule has 0 spiro atoms. The van der Waals surface area contributed by atoms with E-state index in [-0.39, 0.29) is 17.3 Å². The van der Waals surface area contributed by atoms with Crippen LogP contribution in [0.25, 0.3) is 0 Å². The Labute approximate surface area is 143 Å². The molecule has 0 saturated heterocycles. The minimum absolute atomic E-state index is 0.181. The summed E-state index contributed by atoms with van der Waals surface area (Å²) in [5.74, 6) is -1.28. The van der Waals surface area contributed by atoms with Gasteiger partial charge in [0.15, 0.2) is 0 Å². The second-order valence-corrected chi connectivity index (χ2v) is 6.82. The van der Waals surface area contributed by atoms with Crippen LogP contribution in [0.3, 0.4) is 0 Å². The molecule has 2 aromatic rings. The van der Waals surface area contributed by atoms with Crippen LogP contribution in [0.5, 0.6) is 0 Å². The van der Waals surface area contributed by atoms with Crippen molar-refractivity contribution >= 4 is 57.4 Å². The van der Waals surface area contributed by atoms with Crippen LogP contribution >= 0.6 is 45.5 Å². The molecular weight excluding hydrogens is 427 g/mol. The summed E-state index contributed by atoms with van der Waals surface area (Å²) in [7, 11) is 0. The molecule has 1 heterocycles. The zero-order valence-corrected chi connectivity index (χ0v) is 14.5. The van der Waals surface area contributed by atoms with Gasteiger partial charge in [0.05, 0.1) is 17.8 Å². The molecule has 110 valence electrons. The molecule has 1 aromatic carbocycles. The first-order chi connectivity index (χ1) is 9.88. The van der Waals surface area contributed by atoms with Gasteiger partial charge in [-0.15, -0.1) is 11.3 Å². The first kappa shape index (κ1) is 16.2. The smallest absolute Gasteiger partial charge is 0.347 e. The second kappa shape index (κ2) is 6.71. The van der Waals surface area contributed by atoms with E-state index in [4.69, 9.17) is 16.7 Å². The first-order valence-corrected chi connectivity index (χ1v) is 8.08. The molecule has 1 amide bonds. The summed E-state index contributed by atoms with van der Waals surface area (Å²) in [6, 6.07) is 5.06. The molecule has 0 radical (unpaired) electrons. The van der Waals surface area contributed by atoms with Gasteiger partial charge >= 0.3 is 5.97 Å². The van der Waals surface area contributed by atoms with E-state index in [1.807, 2.05) is 0 Å². The molecular formula is C13H10ClIN2O3S. The molecule has 0 aliphatic carbocycles. The number of benzene rings is 1. The number of amides is 1. The molecule has 21 heavy (non-hydrogen) atoms. The quantitative estimate of drug-likeness (QED) is 0.721. The predicted octanol–water partition coefficient (Wildman–Crippen LogP) is 3.34. The van der Waals surface area contributed by atoms with Gasteiger partial charge in [0, 0.05) is 8.59 Å². The van der Waals surface area contributed by atoms with Gasteiger partial charge in [-0.05, 0) is 47.7 Å². The Morgan fingerprint density at radius 3 is 2.81 bits per heavy atom. The van der Waals surface area contributed by atoms with Gasteiger partial charge in [-0.2, -0.15) is 0 Å². The monoisotopic (exact) mass is 436 g/mol. The average Bonchev–Trinajstić information content (AvgIpc) is 2.80. The van der Waals surface area contributed by atoms with Crippen LogP contribution in [0.4, 0.5) is 0 Å². The van der Waals surface area contributed by atoms with E-state index in [9.17, 15) is 9.59 Å². The fourth-order valence-electron chi connectivity index (χ4n) is 1.65. The maximum Gasteiger partial charge on any atom is 0.347 e. The van der Waals surface area contributed by atoms with Crippen LogP contribution in [-0.4, -0.2) is 22.0 Å². The van der Waals surface area contributed by atoms with E-state index in [2.05, 4.69) is 32.9 Å². The summed E-state index contributed by atoms with van der Waals surface area (Å²) in [4.78, 5) is 27.4. The van der Waals surface area contributed by atoms with Crippen molar-refractivity contribution in [3.05, 3.63) is 47.9 Å². The molecule has 1 aromatic heterocycles. The second-order valence-electron chi connectivity index (χ2n) is 4.13. The number of aromatic carboxylic acids is 1. The molecule has 0 saturated carbocycles. The topological polar surface area (TPSA) is 79.3 Å². The number of carboxylic acid groups (broad SMARTS) is 1. The van der Waals surface area contributed by atoms with E-state index in [1.165, 1.54) is 0 Å². The van der Waals surface area contributed by atoms with Crippen LogP contribution in [0, 0.1) is 10.5 Å². The van der Waals surface area contributed by atoms with Crippen LogP contribution < -0.4 is 5.32 Å². The Balaban J connectivity index is 2.09. The lowest BCUT2D eigenvalue weighted by molar-refractivity contribution is 0.0701. The van der Waals surface area contributed by atoms with Crippen molar-refractivity contribution in [3.8, 4) is 0 Å². The van der Waals surface area contributed by atoms with Crippen molar-refractivity contribution in [1.29, 1.82) is 0 Å². The fourth-order valence-corrected chi connectivity index (χ4v) is 3.24. The Bertz CT molecular complexity index is 717. The minimum Gasteiger partial charge on any atom is -0.477 e. The van der Waals surface area contributed by atoms with E-state index < -0.39 is 5.97 Å². The lowest BCUT2D eigenvalue weighted by atomic mass is 10.2.